The summed E-state index contributed by atoms with van der Waals surface area (Å²) in [5, 5.41) is 4.85. The van der Waals surface area contributed by atoms with Gasteiger partial charge in [-0.25, -0.2) is 4.68 Å². The van der Waals surface area contributed by atoms with Gasteiger partial charge in [0.05, 0.1) is 50.2 Å². The summed E-state index contributed by atoms with van der Waals surface area (Å²) in [6.07, 6.45) is 5.02. The van der Waals surface area contributed by atoms with Gasteiger partial charge >= 0.3 is 11.9 Å². The number of ether oxygens (including phenoxy) is 2. The van der Waals surface area contributed by atoms with Crippen molar-refractivity contribution < 1.29 is 33.1 Å². The molecule has 0 spiro atoms. The Kier molecular flexibility index (Phi) is 10.0. The third-order valence-corrected chi connectivity index (χ3v) is 8.63. The zero-order valence-electron chi connectivity index (χ0n) is 27.4. The van der Waals surface area contributed by atoms with Gasteiger partial charge in [0, 0.05) is 18.9 Å². The molecule has 0 aliphatic heterocycles. The Hall–Kier alpha value is -3.53. The van der Waals surface area contributed by atoms with E-state index in [2.05, 4.69) is 13.8 Å². The number of quaternary nitrogens is 1. The number of rotatable bonds is 11. The summed E-state index contributed by atoms with van der Waals surface area (Å²) < 4.78 is 13.6. The molecule has 10 heteroatoms. The number of hydrogen-bond acceptors (Lipinski definition) is 7. The van der Waals surface area contributed by atoms with E-state index in [1.54, 1.807) is 6.07 Å². The van der Waals surface area contributed by atoms with Gasteiger partial charge < -0.3 is 19.7 Å². The lowest BCUT2D eigenvalue weighted by molar-refractivity contribution is -0.873. The highest BCUT2D eigenvalue weighted by atomic mass is 16.6. The van der Waals surface area contributed by atoms with Crippen molar-refractivity contribution in [3.05, 3.63) is 46.3 Å². The fourth-order valence-corrected chi connectivity index (χ4v) is 6.78. The van der Waals surface area contributed by atoms with Gasteiger partial charge in [0.15, 0.2) is 11.9 Å². The van der Waals surface area contributed by atoms with Crippen molar-refractivity contribution in [2.75, 3.05) is 27.7 Å². The van der Waals surface area contributed by atoms with Crippen LogP contribution in [0.3, 0.4) is 0 Å². The Bertz CT molecular complexity index is 1410. The first kappa shape index (κ1) is 33.4. The number of nitrogens with two attached hydrogens (primary N) is 1. The number of amides is 1. The van der Waals surface area contributed by atoms with Crippen molar-refractivity contribution in [1.82, 2.24) is 9.78 Å². The molecule has 1 atom stereocenters. The molecule has 240 valence electrons. The molecule has 1 aromatic heterocycles. The molecule has 1 amide bonds. The van der Waals surface area contributed by atoms with Crippen LogP contribution in [0.4, 0.5) is 0 Å². The van der Waals surface area contributed by atoms with Crippen LogP contribution in [0.1, 0.15) is 104 Å². The maximum absolute atomic E-state index is 13.1. The molecule has 4 rings (SSSR count). The standard InChI is InChI=1S/C34H48N4O6/c1-8-28-32-29(18-34(3,4)19-30(32)40)37(36-28)24-11-14-27(33(35)42)23(16-24)15-22-9-12-25(13-10-22)44-31(41)17-26(43-21(2)39)20-38(5,6)7/h11,14,16,22,25-26H,8-10,12-13,15,17-20H2,1-7H3,(H-,35,42)/p+1. The van der Waals surface area contributed by atoms with E-state index in [9.17, 15) is 19.2 Å². The smallest absolute Gasteiger partial charge is 0.310 e. The number of benzene rings is 1. The first-order valence-electron chi connectivity index (χ1n) is 15.8. The summed E-state index contributed by atoms with van der Waals surface area (Å²) in [6.45, 7) is 8.09. The van der Waals surface area contributed by atoms with E-state index in [1.165, 1.54) is 6.92 Å². The first-order valence-corrected chi connectivity index (χ1v) is 15.8. The second kappa shape index (κ2) is 13.2. The fourth-order valence-electron chi connectivity index (χ4n) is 6.78. The summed E-state index contributed by atoms with van der Waals surface area (Å²) in [5.74, 6) is -0.803. The van der Waals surface area contributed by atoms with E-state index in [0.717, 1.165) is 60.3 Å². The van der Waals surface area contributed by atoms with E-state index in [1.807, 2.05) is 44.9 Å². The minimum atomic E-state index is -0.533. The molecule has 1 aromatic carbocycles. The van der Waals surface area contributed by atoms with Crippen LogP contribution in [-0.2, 0) is 38.3 Å². The van der Waals surface area contributed by atoms with E-state index in [4.69, 9.17) is 20.3 Å². The summed E-state index contributed by atoms with van der Waals surface area (Å²) in [5.41, 5.74) is 10.3. The summed E-state index contributed by atoms with van der Waals surface area (Å²) >= 11 is 0. The molecule has 2 N–H and O–H groups in total. The summed E-state index contributed by atoms with van der Waals surface area (Å²) in [7, 11) is 5.94. The lowest BCUT2D eigenvalue weighted by atomic mass is 9.75. The van der Waals surface area contributed by atoms with Crippen LogP contribution in [0.25, 0.3) is 5.69 Å². The van der Waals surface area contributed by atoms with Crippen LogP contribution in [-0.4, -0.2) is 77.8 Å². The highest BCUT2D eigenvalue weighted by molar-refractivity contribution is 6.00. The number of Topliss-reactive ketones (excluding diaryl/α,β-unsaturated/α-hetero) is 1. The van der Waals surface area contributed by atoms with Crippen molar-refractivity contribution >= 4 is 23.6 Å². The molecule has 2 aromatic rings. The van der Waals surface area contributed by atoms with Gasteiger partial charge in [-0.05, 0) is 80.0 Å². The Morgan fingerprint density at radius 1 is 1.11 bits per heavy atom. The number of aromatic nitrogens is 2. The Morgan fingerprint density at radius 2 is 1.80 bits per heavy atom. The number of fused-ring (bicyclic) bond motifs is 1. The van der Waals surface area contributed by atoms with Crippen LogP contribution in [0, 0.1) is 11.3 Å². The summed E-state index contributed by atoms with van der Waals surface area (Å²) in [6, 6.07) is 5.63. The maximum Gasteiger partial charge on any atom is 0.310 e. The van der Waals surface area contributed by atoms with Gasteiger partial charge in [-0.3, -0.25) is 19.2 Å². The molecule has 0 radical (unpaired) electrons. The van der Waals surface area contributed by atoms with Crippen LogP contribution >= 0.6 is 0 Å². The molecule has 1 heterocycles. The van der Waals surface area contributed by atoms with Gasteiger partial charge in [0.2, 0.25) is 5.91 Å². The van der Waals surface area contributed by atoms with Crippen LogP contribution < -0.4 is 5.73 Å². The molecule has 0 saturated heterocycles. The number of carbonyl (C=O) groups is 4. The third kappa shape index (κ3) is 8.34. The van der Waals surface area contributed by atoms with Gasteiger partial charge in [0.25, 0.3) is 0 Å². The minimum Gasteiger partial charge on any atom is -0.462 e. The third-order valence-electron chi connectivity index (χ3n) is 8.63. The average Bonchev–Trinajstić information content (AvgIpc) is 3.26. The number of nitrogens with zero attached hydrogens (tertiary/aromatic N) is 3. The number of likely N-dealkylation sites (N-methyl/N-ethyl adjacent to an activating group) is 1. The molecular formula is C34H49N4O6+. The van der Waals surface area contributed by atoms with Crippen molar-refractivity contribution in [2.24, 2.45) is 17.1 Å². The van der Waals surface area contributed by atoms with E-state index in [0.29, 0.717) is 41.8 Å². The Balaban J connectivity index is 1.45. The largest absolute Gasteiger partial charge is 0.462 e. The molecule has 10 nitrogen and oxygen atoms in total. The molecule has 0 bridgehead atoms. The van der Waals surface area contributed by atoms with Crippen LogP contribution in [0.2, 0.25) is 0 Å². The predicted molar refractivity (Wildman–Crippen MR) is 167 cm³/mol. The highest BCUT2D eigenvalue weighted by Gasteiger charge is 2.36. The number of carbonyl (C=O) groups excluding carboxylic acids is 4. The SMILES string of the molecule is CCc1nn(-c2ccc(C(N)=O)c(CC3CCC(OC(=O)CC(C[N+](C)(C)C)OC(C)=O)CC3)c2)c2c1C(=O)CC(C)(C)C2. The molecule has 2 aliphatic carbocycles. The minimum absolute atomic E-state index is 0.0312. The van der Waals surface area contributed by atoms with Crippen LogP contribution in [0.15, 0.2) is 18.2 Å². The Labute approximate surface area is 260 Å². The van der Waals surface area contributed by atoms with Gasteiger partial charge in [-0.2, -0.15) is 5.10 Å². The average molecular weight is 610 g/mol. The second-order valence-electron chi connectivity index (χ2n) is 14.4. The van der Waals surface area contributed by atoms with Crippen molar-refractivity contribution in [3.8, 4) is 5.69 Å². The predicted octanol–water partition coefficient (Wildman–Crippen LogP) is 4.36. The molecule has 1 saturated carbocycles. The summed E-state index contributed by atoms with van der Waals surface area (Å²) in [4.78, 5) is 49.8. The first-order chi connectivity index (χ1) is 20.5. The molecular weight excluding hydrogens is 560 g/mol. The number of aryl methyl sites for hydroxylation is 1. The molecule has 1 fully saturated rings. The number of primary amides is 1. The molecule has 44 heavy (non-hydrogen) atoms. The fraction of sp³-hybridized carbons (Fsp3) is 0.618. The van der Waals surface area contributed by atoms with E-state index >= 15 is 0 Å². The van der Waals surface area contributed by atoms with E-state index < -0.39 is 18.0 Å². The molecule has 1 unspecified atom stereocenters. The molecule has 2 aliphatic rings. The Morgan fingerprint density at radius 3 is 2.39 bits per heavy atom. The zero-order chi connectivity index (χ0) is 32.4. The van der Waals surface area contributed by atoms with Gasteiger partial charge in [-0.15, -0.1) is 0 Å². The van der Waals surface area contributed by atoms with Crippen molar-refractivity contribution in [1.29, 1.82) is 0 Å². The zero-order valence-corrected chi connectivity index (χ0v) is 27.4. The van der Waals surface area contributed by atoms with Gasteiger partial charge in [-0.1, -0.05) is 20.8 Å². The quantitative estimate of drug-likeness (QED) is 0.296. The monoisotopic (exact) mass is 609 g/mol. The topological polar surface area (TPSA) is 131 Å². The van der Waals surface area contributed by atoms with Gasteiger partial charge in [0.1, 0.15) is 12.6 Å². The van der Waals surface area contributed by atoms with Crippen molar-refractivity contribution in [3.63, 3.8) is 0 Å². The maximum atomic E-state index is 13.1. The number of esters is 2. The van der Waals surface area contributed by atoms with Crippen LogP contribution in [0.5, 0.6) is 0 Å². The van der Waals surface area contributed by atoms with Crippen molar-refractivity contribution in [2.45, 2.75) is 97.7 Å². The highest BCUT2D eigenvalue weighted by Crippen LogP contribution is 2.38. The lowest BCUT2D eigenvalue weighted by Gasteiger charge is -2.31. The number of hydrogen-bond donors (Lipinski definition) is 1. The lowest BCUT2D eigenvalue weighted by Crippen LogP contribution is -2.44. The number of ketones is 1. The second-order valence-corrected chi connectivity index (χ2v) is 14.4. The van der Waals surface area contributed by atoms with E-state index in [-0.39, 0.29) is 29.7 Å². The normalized spacial score (nSPS) is 20.5.